The number of thiocarbonyl (C=S) groups is 1. The van der Waals surface area contributed by atoms with Crippen molar-refractivity contribution in [3.63, 3.8) is 0 Å². The van der Waals surface area contributed by atoms with Crippen LogP contribution in [0.1, 0.15) is 45.4 Å². The highest BCUT2D eigenvalue weighted by Gasteiger charge is 2.33. The van der Waals surface area contributed by atoms with Gasteiger partial charge in [-0.3, -0.25) is 4.90 Å². The van der Waals surface area contributed by atoms with Crippen LogP contribution in [0.5, 0.6) is 0 Å². The van der Waals surface area contributed by atoms with Crippen LogP contribution in [0, 0.1) is 11.8 Å². The number of hydrogen-bond acceptors (Lipinski definition) is 2. The summed E-state index contributed by atoms with van der Waals surface area (Å²) in [7, 11) is 0. The predicted octanol–water partition coefficient (Wildman–Crippen LogP) is 2.56. The van der Waals surface area contributed by atoms with E-state index < -0.39 is 0 Å². The minimum atomic E-state index is 0.372. The van der Waals surface area contributed by atoms with Crippen LogP contribution in [0.3, 0.4) is 0 Å². The summed E-state index contributed by atoms with van der Waals surface area (Å²) in [6.45, 7) is 4.50. The van der Waals surface area contributed by atoms with Crippen LogP contribution in [0.25, 0.3) is 0 Å². The van der Waals surface area contributed by atoms with Gasteiger partial charge in [0.1, 0.15) is 0 Å². The van der Waals surface area contributed by atoms with E-state index in [1.54, 1.807) is 0 Å². The molecular weight excluding hydrogens is 216 g/mol. The van der Waals surface area contributed by atoms with E-state index in [4.69, 9.17) is 18.0 Å². The zero-order chi connectivity index (χ0) is 11.5. The molecule has 0 bridgehead atoms. The Balaban J connectivity index is 1.89. The molecule has 0 aromatic rings. The van der Waals surface area contributed by atoms with E-state index in [2.05, 4.69) is 11.8 Å². The fourth-order valence-electron chi connectivity index (χ4n) is 3.40. The molecule has 0 radical (unpaired) electrons. The average molecular weight is 240 g/mol. The summed E-state index contributed by atoms with van der Waals surface area (Å²) in [4.78, 5) is 3.33. The van der Waals surface area contributed by atoms with Gasteiger partial charge in [-0.15, -0.1) is 0 Å². The van der Waals surface area contributed by atoms with Crippen LogP contribution in [-0.4, -0.2) is 29.0 Å². The molecule has 92 valence electrons. The number of hydrogen-bond donors (Lipinski definition) is 1. The third-order valence-electron chi connectivity index (χ3n) is 4.35. The standard InChI is InChI=1S/C13H24N2S/c1-10(13(14)16)9-15-8-4-7-12(15)11-5-2-3-6-11/h10-12H,2-9H2,1H3,(H2,14,16). The maximum Gasteiger partial charge on any atom is 0.0768 e. The van der Waals surface area contributed by atoms with Gasteiger partial charge in [-0.2, -0.15) is 0 Å². The maximum atomic E-state index is 5.72. The van der Waals surface area contributed by atoms with E-state index in [0.29, 0.717) is 10.9 Å². The van der Waals surface area contributed by atoms with E-state index in [1.807, 2.05) is 0 Å². The van der Waals surface area contributed by atoms with Crippen molar-refractivity contribution in [3.8, 4) is 0 Å². The lowest BCUT2D eigenvalue weighted by Gasteiger charge is -2.31. The monoisotopic (exact) mass is 240 g/mol. The summed E-state index contributed by atoms with van der Waals surface area (Å²) in [6, 6.07) is 0.833. The van der Waals surface area contributed by atoms with Gasteiger partial charge < -0.3 is 5.73 Å². The lowest BCUT2D eigenvalue weighted by molar-refractivity contribution is 0.181. The van der Waals surface area contributed by atoms with Gasteiger partial charge in [0, 0.05) is 18.5 Å². The minimum absolute atomic E-state index is 0.372. The second-order valence-corrected chi connectivity index (χ2v) is 6.02. The molecule has 3 heteroatoms. The molecule has 2 rings (SSSR count). The average Bonchev–Trinajstić information content (AvgIpc) is 2.85. The number of likely N-dealkylation sites (tertiary alicyclic amines) is 1. The van der Waals surface area contributed by atoms with Gasteiger partial charge in [-0.1, -0.05) is 32.0 Å². The molecule has 1 aliphatic carbocycles. The van der Waals surface area contributed by atoms with Crippen LogP contribution in [0.2, 0.25) is 0 Å². The van der Waals surface area contributed by atoms with Gasteiger partial charge in [0.05, 0.1) is 4.99 Å². The smallest absolute Gasteiger partial charge is 0.0768 e. The van der Waals surface area contributed by atoms with Gasteiger partial charge in [0.15, 0.2) is 0 Å². The van der Waals surface area contributed by atoms with Crippen LogP contribution >= 0.6 is 12.2 Å². The second-order valence-electron chi connectivity index (χ2n) is 5.55. The van der Waals surface area contributed by atoms with Crippen LogP contribution in [0.15, 0.2) is 0 Å². The van der Waals surface area contributed by atoms with E-state index in [1.165, 1.54) is 45.1 Å². The summed E-state index contributed by atoms with van der Waals surface area (Å²) in [5, 5.41) is 0. The van der Waals surface area contributed by atoms with E-state index in [0.717, 1.165) is 18.5 Å². The van der Waals surface area contributed by atoms with E-state index >= 15 is 0 Å². The lowest BCUT2D eigenvalue weighted by atomic mass is 9.95. The Labute approximate surface area is 105 Å². The Bertz CT molecular complexity index is 248. The highest BCUT2D eigenvalue weighted by molar-refractivity contribution is 7.80. The van der Waals surface area contributed by atoms with Gasteiger partial charge >= 0.3 is 0 Å². The molecule has 2 unspecified atom stereocenters. The Hall–Kier alpha value is -0.150. The van der Waals surface area contributed by atoms with Crippen molar-refractivity contribution in [2.75, 3.05) is 13.1 Å². The Morgan fingerprint density at radius 2 is 2.00 bits per heavy atom. The predicted molar refractivity (Wildman–Crippen MR) is 72.5 cm³/mol. The van der Waals surface area contributed by atoms with Crippen LogP contribution < -0.4 is 5.73 Å². The van der Waals surface area contributed by atoms with Crippen molar-refractivity contribution in [3.05, 3.63) is 0 Å². The molecule has 1 saturated carbocycles. The fraction of sp³-hybridized carbons (Fsp3) is 0.923. The van der Waals surface area contributed by atoms with Crippen molar-refractivity contribution in [1.29, 1.82) is 0 Å². The molecule has 0 spiro atoms. The highest BCUT2D eigenvalue weighted by Crippen LogP contribution is 2.35. The van der Waals surface area contributed by atoms with Gasteiger partial charge in [0.25, 0.3) is 0 Å². The summed E-state index contributed by atoms with van der Waals surface area (Å²) in [5.41, 5.74) is 5.72. The normalized spacial score (nSPS) is 29.7. The number of nitrogens with two attached hydrogens (primary N) is 1. The summed E-state index contributed by atoms with van der Waals surface area (Å²) >= 11 is 5.08. The molecule has 2 nitrogen and oxygen atoms in total. The molecule has 2 N–H and O–H groups in total. The van der Waals surface area contributed by atoms with Crippen LogP contribution in [-0.2, 0) is 0 Å². The highest BCUT2D eigenvalue weighted by atomic mass is 32.1. The molecule has 2 fully saturated rings. The van der Waals surface area contributed by atoms with Crippen molar-refractivity contribution in [2.24, 2.45) is 17.6 Å². The molecule has 0 aromatic carbocycles. The zero-order valence-corrected chi connectivity index (χ0v) is 11.1. The topological polar surface area (TPSA) is 29.3 Å². The second kappa shape index (κ2) is 5.46. The summed E-state index contributed by atoms with van der Waals surface area (Å²) in [5.74, 6) is 1.33. The maximum absolute atomic E-state index is 5.72. The first-order chi connectivity index (χ1) is 7.68. The van der Waals surface area contributed by atoms with E-state index in [-0.39, 0.29) is 0 Å². The first kappa shape index (κ1) is 12.3. The third kappa shape index (κ3) is 2.75. The molecule has 0 amide bonds. The first-order valence-corrected chi connectivity index (χ1v) is 7.12. The number of rotatable bonds is 4. The fourth-order valence-corrected chi connectivity index (χ4v) is 3.47. The van der Waals surface area contributed by atoms with Gasteiger partial charge in [-0.25, -0.2) is 0 Å². The Morgan fingerprint density at radius 3 is 2.62 bits per heavy atom. The summed E-state index contributed by atoms with van der Waals surface area (Å²) in [6.07, 6.45) is 8.55. The quantitative estimate of drug-likeness (QED) is 0.766. The van der Waals surface area contributed by atoms with Crippen molar-refractivity contribution in [2.45, 2.75) is 51.5 Å². The summed E-state index contributed by atoms with van der Waals surface area (Å²) < 4.78 is 0. The largest absolute Gasteiger partial charge is 0.393 e. The molecule has 1 heterocycles. The molecular formula is C13H24N2S. The molecule has 2 aliphatic rings. The lowest BCUT2D eigenvalue weighted by Crippen LogP contribution is -2.40. The molecule has 16 heavy (non-hydrogen) atoms. The van der Waals surface area contributed by atoms with Crippen molar-refractivity contribution >= 4 is 17.2 Å². The first-order valence-electron chi connectivity index (χ1n) is 6.72. The van der Waals surface area contributed by atoms with Gasteiger partial charge in [-0.05, 0) is 38.1 Å². The molecule has 1 saturated heterocycles. The molecule has 1 aliphatic heterocycles. The van der Waals surface area contributed by atoms with Crippen molar-refractivity contribution in [1.82, 2.24) is 4.90 Å². The molecule has 2 atom stereocenters. The Morgan fingerprint density at radius 1 is 1.31 bits per heavy atom. The zero-order valence-electron chi connectivity index (χ0n) is 10.3. The Kier molecular flexibility index (Phi) is 4.20. The molecule has 0 aromatic heterocycles. The van der Waals surface area contributed by atoms with Crippen LogP contribution in [0.4, 0.5) is 0 Å². The van der Waals surface area contributed by atoms with Crippen molar-refractivity contribution < 1.29 is 0 Å². The van der Waals surface area contributed by atoms with Gasteiger partial charge in [0.2, 0.25) is 0 Å². The third-order valence-corrected chi connectivity index (χ3v) is 4.75. The minimum Gasteiger partial charge on any atom is -0.393 e. The van der Waals surface area contributed by atoms with E-state index in [9.17, 15) is 0 Å². The SMILES string of the molecule is CC(CN1CCCC1C1CCCC1)C(N)=S. The number of nitrogens with zero attached hydrogens (tertiary/aromatic N) is 1.